The first-order valence-corrected chi connectivity index (χ1v) is 4.96. The molecule has 0 radical (unpaired) electrons. The second-order valence-electron chi connectivity index (χ2n) is 3.46. The van der Waals surface area contributed by atoms with Gasteiger partial charge in [0.05, 0.1) is 26.3 Å². The van der Waals surface area contributed by atoms with Gasteiger partial charge in [0.1, 0.15) is 11.5 Å². The summed E-state index contributed by atoms with van der Waals surface area (Å²) in [5, 5.41) is 0. The highest BCUT2D eigenvalue weighted by Gasteiger charge is 2.12. The van der Waals surface area contributed by atoms with E-state index in [1.165, 1.54) is 0 Å². The van der Waals surface area contributed by atoms with Crippen LogP contribution in [0.5, 0.6) is 0 Å². The Kier molecular flexibility index (Phi) is 3.18. The quantitative estimate of drug-likeness (QED) is 0.768. The van der Waals surface area contributed by atoms with Gasteiger partial charge in [-0.05, 0) is 12.1 Å². The highest BCUT2D eigenvalue weighted by molar-refractivity contribution is 5.06. The number of nitrogens with zero attached hydrogens (tertiary/aromatic N) is 1. The molecule has 2 heterocycles. The molecule has 4 heteroatoms. The van der Waals surface area contributed by atoms with E-state index in [4.69, 9.17) is 14.9 Å². The Labute approximate surface area is 83.6 Å². The third-order valence-electron chi connectivity index (χ3n) is 2.40. The normalized spacial score (nSPS) is 18.6. The van der Waals surface area contributed by atoms with Gasteiger partial charge in [-0.1, -0.05) is 0 Å². The van der Waals surface area contributed by atoms with Crippen molar-refractivity contribution >= 4 is 0 Å². The maximum atomic E-state index is 5.53. The number of morpholine rings is 1. The highest BCUT2D eigenvalue weighted by Crippen LogP contribution is 2.11. The molecule has 4 nitrogen and oxygen atoms in total. The summed E-state index contributed by atoms with van der Waals surface area (Å²) in [4.78, 5) is 2.32. The van der Waals surface area contributed by atoms with Gasteiger partial charge in [0.15, 0.2) is 0 Å². The first kappa shape index (κ1) is 9.71. The SMILES string of the molecule is NCc1ccc(CN2CCOCC2)o1. The van der Waals surface area contributed by atoms with Crippen molar-refractivity contribution in [1.29, 1.82) is 0 Å². The molecule has 1 aromatic rings. The topological polar surface area (TPSA) is 51.6 Å². The number of nitrogens with two attached hydrogens (primary N) is 1. The minimum absolute atomic E-state index is 0.475. The van der Waals surface area contributed by atoms with Crippen LogP contribution in [0.1, 0.15) is 11.5 Å². The summed E-state index contributed by atoms with van der Waals surface area (Å²) in [5.41, 5.74) is 5.47. The molecule has 0 saturated carbocycles. The van der Waals surface area contributed by atoms with Gasteiger partial charge < -0.3 is 14.9 Å². The molecule has 0 atom stereocenters. The molecular formula is C10H16N2O2. The fraction of sp³-hybridized carbons (Fsp3) is 0.600. The molecule has 0 aromatic carbocycles. The van der Waals surface area contributed by atoms with Gasteiger partial charge in [-0.3, -0.25) is 4.90 Å². The zero-order chi connectivity index (χ0) is 9.80. The van der Waals surface area contributed by atoms with Crippen LogP contribution in [0, 0.1) is 0 Å². The molecule has 0 spiro atoms. The molecule has 1 saturated heterocycles. The standard InChI is InChI=1S/C10H16N2O2/c11-7-9-1-2-10(14-9)8-12-3-5-13-6-4-12/h1-2H,3-8,11H2. The summed E-state index contributed by atoms with van der Waals surface area (Å²) in [5.74, 6) is 1.85. The lowest BCUT2D eigenvalue weighted by molar-refractivity contribution is 0.0312. The van der Waals surface area contributed by atoms with Crippen molar-refractivity contribution in [3.05, 3.63) is 23.7 Å². The molecule has 0 amide bonds. The molecule has 0 bridgehead atoms. The van der Waals surface area contributed by atoms with E-state index in [0.717, 1.165) is 44.4 Å². The summed E-state index contributed by atoms with van der Waals surface area (Å²) in [6.45, 7) is 4.96. The lowest BCUT2D eigenvalue weighted by atomic mass is 10.3. The Morgan fingerprint density at radius 2 is 1.93 bits per heavy atom. The van der Waals surface area contributed by atoms with Gasteiger partial charge in [-0.15, -0.1) is 0 Å². The molecule has 14 heavy (non-hydrogen) atoms. The fourth-order valence-corrected chi connectivity index (χ4v) is 1.60. The van der Waals surface area contributed by atoms with Crippen molar-refractivity contribution in [1.82, 2.24) is 4.90 Å². The van der Waals surface area contributed by atoms with Gasteiger partial charge in [-0.2, -0.15) is 0 Å². The number of hydrogen-bond acceptors (Lipinski definition) is 4. The Morgan fingerprint density at radius 3 is 2.57 bits per heavy atom. The van der Waals surface area contributed by atoms with E-state index in [1.807, 2.05) is 12.1 Å². The van der Waals surface area contributed by atoms with E-state index in [9.17, 15) is 0 Å². The van der Waals surface area contributed by atoms with Crippen LogP contribution in [-0.4, -0.2) is 31.2 Å². The van der Waals surface area contributed by atoms with Crippen LogP contribution in [0.3, 0.4) is 0 Å². The zero-order valence-electron chi connectivity index (χ0n) is 8.24. The maximum absolute atomic E-state index is 5.53. The van der Waals surface area contributed by atoms with Gasteiger partial charge in [0.25, 0.3) is 0 Å². The van der Waals surface area contributed by atoms with Gasteiger partial charge in [0.2, 0.25) is 0 Å². The van der Waals surface area contributed by atoms with Crippen molar-refractivity contribution in [3.8, 4) is 0 Å². The first-order valence-electron chi connectivity index (χ1n) is 4.96. The van der Waals surface area contributed by atoms with Crippen molar-refractivity contribution < 1.29 is 9.15 Å². The first-order chi connectivity index (χ1) is 6.88. The summed E-state index contributed by atoms with van der Waals surface area (Å²) in [6.07, 6.45) is 0. The van der Waals surface area contributed by atoms with E-state index in [1.54, 1.807) is 0 Å². The van der Waals surface area contributed by atoms with Crippen molar-refractivity contribution in [2.45, 2.75) is 13.1 Å². The molecule has 1 aromatic heterocycles. The van der Waals surface area contributed by atoms with Crippen LogP contribution in [0.4, 0.5) is 0 Å². The number of ether oxygens (including phenoxy) is 1. The third-order valence-corrected chi connectivity index (χ3v) is 2.40. The van der Waals surface area contributed by atoms with E-state index >= 15 is 0 Å². The number of rotatable bonds is 3. The minimum Gasteiger partial charge on any atom is -0.463 e. The predicted octanol–water partition coefficient (Wildman–Crippen LogP) is 0.571. The molecule has 1 aliphatic heterocycles. The van der Waals surface area contributed by atoms with E-state index in [-0.39, 0.29) is 0 Å². The van der Waals surface area contributed by atoms with Crippen LogP contribution in [0.2, 0.25) is 0 Å². The van der Waals surface area contributed by atoms with Crippen molar-refractivity contribution in [2.24, 2.45) is 5.73 Å². The lowest BCUT2D eigenvalue weighted by Gasteiger charge is -2.25. The van der Waals surface area contributed by atoms with Gasteiger partial charge in [0, 0.05) is 13.1 Å². The highest BCUT2D eigenvalue weighted by atomic mass is 16.5. The van der Waals surface area contributed by atoms with Crippen LogP contribution in [0.15, 0.2) is 16.5 Å². The fourth-order valence-electron chi connectivity index (χ4n) is 1.60. The summed E-state index contributed by atoms with van der Waals surface area (Å²) < 4.78 is 10.8. The predicted molar refractivity (Wildman–Crippen MR) is 52.7 cm³/mol. The molecular weight excluding hydrogens is 180 g/mol. The Morgan fingerprint density at radius 1 is 1.21 bits per heavy atom. The third kappa shape index (κ3) is 2.35. The molecule has 1 fully saturated rings. The summed E-state index contributed by atoms with van der Waals surface area (Å²) >= 11 is 0. The van der Waals surface area contributed by atoms with Crippen molar-refractivity contribution in [3.63, 3.8) is 0 Å². The van der Waals surface area contributed by atoms with Crippen LogP contribution in [-0.2, 0) is 17.8 Å². The molecule has 0 aliphatic carbocycles. The Hall–Kier alpha value is -0.840. The second-order valence-corrected chi connectivity index (χ2v) is 3.46. The molecule has 1 aliphatic rings. The van der Waals surface area contributed by atoms with E-state index in [2.05, 4.69) is 4.90 Å². The Bertz CT molecular complexity index is 279. The average molecular weight is 196 g/mol. The Balaban J connectivity index is 1.89. The summed E-state index contributed by atoms with van der Waals surface area (Å²) in [7, 11) is 0. The molecule has 0 unspecified atom stereocenters. The monoisotopic (exact) mass is 196 g/mol. The number of hydrogen-bond donors (Lipinski definition) is 1. The smallest absolute Gasteiger partial charge is 0.118 e. The minimum atomic E-state index is 0.475. The zero-order valence-corrected chi connectivity index (χ0v) is 8.24. The number of furan rings is 1. The van der Waals surface area contributed by atoms with E-state index < -0.39 is 0 Å². The second kappa shape index (κ2) is 4.59. The average Bonchev–Trinajstić information content (AvgIpc) is 2.67. The lowest BCUT2D eigenvalue weighted by Crippen LogP contribution is -2.35. The van der Waals surface area contributed by atoms with Gasteiger partial charge >= 0.3 is 0 Å². The maximum Gasteiger partial charge on any atom is 0.118 e. The molecule has 78 valence electrons. The van der Waals surface area contributed by atoms with Crippen LogP contribution >= 0.6 is 0 Å². The summed E-state index contributed by atoms with van der Waals surface area (Å²) in [6, 6.07) is 3.94. The molecule has 2 N–H and O–H groups in total. The van der Waals surface area contributed by atoms with Gasteiger partial charge in [-0.25, -0.2) is 0 Å². The molecule has 2 rings (SSSR count). The van der Waals surface area contributed by atoms with E-state index in [0.29, 0.717) is 6.54 Å². The van der Waals surface area contributed by atoms with Crippen molar-refractivity contribution in [2.75, 3.05) is 26.3 Å². The van der Waals surface area contributed by atoms with Crippen LogP contribution < -0.4 is 5.73 Å². The largest absolute Gasteiger partial charge is 0.463 e. The van der Waals surface area contributed by atoms with Crippen LogP contribution in [0.25, 0.3) is 0 Å².